The van der Waals surface area contributed by atoms with Crippen molar-refractivity contribution < 1.29 is 42.7 Å². The van der Waals surface area contributed by atoms with Crippen molar-refractivity contribution in [2.75, 3.05) is 79.3 Å². The van der Waals surface area contributed by atoms with E-state index >= 15 is 0 Å². The fraction of sp³-hybridized carbons (Fsp3) is 0.947. The first-order valence-electron chi connectivity index (χ1n) is 19.4. The van der Waals surface area contributed by atoms with Gasteiger partial charge in [0.1, 0.15) is 13.2 Å². The van der Waals surface area contributed by atoms with E-state index in [1.54, 1.807) is 0 Å². The molecule has 0 saturated carbocycles. The van der Waals surface area contributed by atoms with Crippen LogP contribution in [0.2, 0.25) is 0 Å². The second-order valence-corrected chi connectivity index (χ2v) is 12.4. The molecular formula is C38H74O9. The summed E-state index contributed by atoms with van der Waals surface area (Å²) in [5.74, 6) is -0.250. The minimum absolute atomic E-state index is 0.00158. The largest absolute Gasteiger partial charge is 0.463 e. The fourth-order valence-corrected chi connectivity index (χ4v) is 5.17. The number of carbonyl (C=O) groups excluding carboxylic acids is 2. The Kier molecular flexibility index (Phi) is 38.1. The minimum atomic E-state index is -0.130. The lowest BCUT2D eigenvalue weighted by molar-refractivity contribution is -0.150. The van der Waals surface area contributed by atoms with Gasteiger partial charge in [-0.15, -0.1) is 0 Å². The Morgan fingerprint density at radius 1 is 0.404 bits per heavy atom. The molecule has 0 fully saturated rings. The molecule has 1 atom stereocenters. The molecule has 0 radical (unpaired) electrons. The van der Waals surface area contributed by atoms with Crippen molar-refractivity contribution >= 4 is 11.9 Å². The van der Waals surface area contributed by atoms with E-state index in [4.69, 9.17) is 33.2 Å². The molecule has 0 rings (SSSR count). The van der Waals surface area contributed by atoms with Gasteiger partial charge < -0.3 is 33.2 Å². The average molecular weight is 675 g/mol. The first-order chi connectivity index (χ1) is 23.2. The molecule has 0 heterocycles. The SMILES string of the molecule is CCCCCCCCCCCCCCCCCC(=O)OCCOCCOCCOCCOCCOCCOC(=O)C(CC)CCCC. The molecule has 9 heteroatoms. The topological polar surface area (TPSA) is 98.8 Å². The zero-order valence-electron chi connectivity index (χ0n) is 30.9. The van der Waals surface area contributed by atoms with Crippen molar-refractivity contribution in [1.29, 1.82) is 0 Å². The van der Waals surface area contributed by atoms with Crippen molar-refractivity contribution in [3.63, 3.8) is 0 Å². The van der Waals surface area contributed by atoms with Gasteiger partial charge >= 0.3 is 11.9 Å². The van der Waals surface area contributed by atoms with Gasteiger partial charge in [-0.2, -0.15) is 0 Å². The zero-order chi connectivity index (χ0) is 34.3. The van der Waals surface area contributed by atoms with Gasteiger partial charge in [-0.3, -0.25) is 9.59 Å². The summed E-state index contributed by atoms with van der Waals surface area (Å²) in [5, 5.41) is 0. The second-order valence-electron chi connectivity index (χ2n) is 12.4. The Hall–Kier alpha value is -1.26. The summed E-state index contributed by atoms with van der Waals surface area (Å²) in [6, 6.07) is 0. The molecule has 0 aromatic rings. The van der Waals surface area contributed by atoms with Gasteiger partial charge in [-0.05, 0) is 19.3 Å². The molecule has 0 aromatic heterocycles. The predicted octanol–water partition coefficient (Wildman–Crippen LogP) is 8.63. The molecular weight excluding hydrogens is 600 g/mol. The maximum Gasteiger partial charge on any atom is 0.308 e. The Morgan fingerprint density at radius 2 is 0.745 bits per heavy atom. The van der Waals surface area contributed by atoms with Gasteiger partial charge in [0.2, 0.25) is 0 Å². The molecule has 0 saturated heterocycles. The monoisotopic (exact) mass is 675 g/mol. The minimum Gasteiger partial charge on any atom is -0.463 e. The number of carbonyl (C=O) groups is 2. The van der Waals surface area contributed by atoms with E-state index in [1.165, 1.54) is 83.5 Å². The van der Waals surface area contributed by atoms with Crippen LogP contribution in [0.4, 0.5) is 0 Å². The first kappa shape index (κ1) is 45.7. The summed E-state index contributed by atoms with van der Waals surface area (Å²) < 4.78 is 37.9. The van der Waals surface area contributed by atoms with Gasteiger partial charge in [0, 0.05) is 6.42 Å². The normalized spacial score (nSPS) is 12.0. The lowest BCUT2D eigenvalue weighted by Gasteiger charge is -2.13. The number of hydrogen-bond acceptors (Lipinski definition) is 9. The van der Waals surface area contributed by atoms with Crippen LogP contribution < -0.4 is 0 Å². The average Bonchev–Trinajstić information content (AvgIpc) is 3.07. The molecule has 0 amide bonds. The van der Waals surface area contributed by atoms with E-state index in [9.17, 15) is 9.59 Å². The summed E-state index contributed by atoms with van der Waals surface area (Å²) in [6.45, 7) is 11.5. The van der Waals surface area contributed by atoms with Crippen LogP contribution >= 0.6 is 0 Å². The third-order valence-electron chi connectivity index (χ3n) is 8.17. The van der Waals surface area contributed by atoms with E-state index in [0.29, 0.717) is 72.5 Å². The summed E-state index contributed by atoms with van der Waals surface area (Å²) in [7, 11) is 0. The van der Waals surface area contributed by atoms with E-state index in [1.807, 2.05) is 6.92 Å². The summed E-state index contributed by atoms with van der Waals surface area (Å²) in [5.41, 5.74) is 0. The van der Waals surface area contributed by atoms with E-state index in [0.717, 1.165) is 38.5 Å². The third kappa shape index (κ3) is 35.9. The Labute approximate surface area is 288 Å². The molecule has 9 nitrogen and oxygen atoms in total. The highest BCUT2D eigenvalue weighted by atomic mass is 16.6. The predicted molar refractivity (Wildman–Crippen MR) is 189 cm³/mol. The standard InChI is InChI=1S/C38H74O9/c1-4-7-9-10-11-12-13-14-15-16-17-18-19-20-21-23-37(39)46-34-32-44-30-28-42-26-24-41-25-27-43-29-31-45-33-35-47-38(40)36(6-3)22-8-5-2/h36H,4-35H2,1-3H3. The first-order valence-corrected chi connectivity index (χ1v) is 19.4. The maximum absolute atomic E-state index is 12.0. The number of unbranched alkanes of at least 4 members (excludes halogenated alkanes) is 15. The van der Waals surface area contributed by atoms with Crippen LogP contribution in [0.1, 0.15) is 149 Å². The van der Waals surface area contributed by atoms with Gasteiger partial charge in [0.15, 0.2) is 0 Å². The van der Waals surface area contributed by atoms with Crippen LogP contribution in [0.3, 0.4) is 0 Å². The van der Waals surface area contributed by atoms with E-state index in [2.05, 4.69) is 13.8 Å². The highest BCUT2D eigenvalue weighted by Gasteiger charge is 2.17. The Morgan fingerprint density at radius 3 is 1.13 bits per heavy atom. The Balaban J connectivity index is 3.24. The van der Waals surface area contributed by atoms with Crippen LogP contribution in [-0.2, 0) is 42.7 Å². The molecule has 0 bridgehead atoms. The van der Waals surface area contributed by atoms with E-state index < -0.39 is 0 Å². The molecule has 0 aliphatic rings. The van der Waals surface area contributed by atoms with Crippen LogP contribution in [-0.4, -0.2) is 91.2 Å². The van der Waals surface area contributed by atoms with Crippen molar-refractivity contribution in [2.45, 2.75) is 149 Å². The number of esters is 2. The third-order valence-corrected chi connectivity index (χ3v) is 8.17. The van der Waals surface area contributed by atoms with Crippen molar-refractivity contribution in [3.05, 3.63) is 0 Å². The molecule has 0 spiro atoms. The summed E-state index contributed by atoms with van der Waals surface area (Å²) in [6.07, 6.45) is 24.1. The van der Waals surface area contributed by atoms with Gasteiger partial charge in [0.05, 0.1) is 72.0 Å². The van der Waals surface area contributed by atoms with Gasteiger partial charge in [0.25, 0.3) is 0 Å². The number of ether oxygens (including phenoxy) is 7. The van der Waals surface area contributed by atoms with Crippen LogP contribution in [0, 0.1) is 5.92 Å². The molecule has 1 unspecified atom stereocenters. The maximum atomic E-state index is 12.0. The van der Waals surface area contributed by atoms with Crippen molar-refractivity contribution in [1.82, 2.24) is 0 Å². The highest BCUT2D eigenvalue weighted by molar-refractivity contribution is 5.72. The quantitative estimate of drug-likeness (QED) is 0.0469. The van der Waals surface area contributed by atoms with E-state index in [-0.39, 0.29) is 31.1 Å². The molecule has 0 aromatic carbocycles. The van der Waals surface area contributed by atoms with Crippen LogP contribution in [0.5, 0.6) is 0 Å². The van der Waals surface area contributed by atoms with Crippen molar-refractivity contribution in [2.24, 2.45) is 5.92 Å². The summed E-state index contributed by atoms with van der Waals surface area (Å²) in [4.78, 5) is 23.9. The van der Waals surface area contributed by atoms with Gasteiger partial charge in [-0.1, -0.05) is 124 Å². The Bertz CT molecular complexity index is 647. The smallest absolute Gasteiger partial charge is 0.308 e. The molecule has 47 heavy (non-hydrogen) atoms. The highest BCUT2D eigenvalue weighted by Crippen LogP contribution is 2.15. The fourth-order valence-electron chi connectivity index (χ4n) is 5.17. The molecule has 0 aliphatic heterocycles. The number of hydrogen-bond donors (Lipinski definition) is 0. The molecule has 280 valence electrons. The van der Waals surface area contributed by atoms with Crippen LogP contribution in [0.15, 0.2) is 0 Å². The molecule has 0 N–H and O–H groups in total. The molecule has 0 aliphatic carbocycles. The van der Waals surface area contributed by atoms with Crippen molar-refractivity contribution in [3.8, 4) is 0 Å². The van der Waals surface area contributed by atoms with Crippen LogP contribution in [0.25, 0.3) is 0 Å². The summed E-state index contributed by atoms with van der Waals surface area (Å²) >= 11 is 0. The number of rotatable bonds is 39. The second kappa shape index (κ2) is 39.2. The van der Waals surface area contributed by atoms with Gasteiger partial charge in [-0.25, -0.2) is 0 Å². The zero-order valence-corrected chi connectivity index (χ0v) is 30.9. The lowest BCUT2D eigenvalue weighted by Crippen LogP contribution is -2.20. The lowest BCUT2D eigenvalue weighted by atomic mass is 10.00.